The van der Waals surface area contributed by atoms with Crippen molar-refractivity contribution in [3.8, 4) is 0 Å². The molecular weight excluding hydrogens is 951 g/mol. The first kappa shape index (κ1) is 54.4. The monoisotopic (exact) mass is 1020 g/mol. The maximum atomic E-state index is 14.6. The van der Waals surface area contributed by atoms with Gasteiger partial charge in [-0.3, -0.25) is 38.7 Å². The van der Waals surface area contributed by atoms with Gasteiger partial charge < -0.3 is 35.3 Å². The summed E-state index contributed by atoms with van der Waals surface area (Å²) in [5.41, 5.74) is 4.17. The van der Waals surface area contributed by atoms with Crippen LogP contribution in [0.3, 0.4) is 0 Å². The fourth-order valence-corrected chi connectivity index (χ4v) is 10.2. The molecule has 0 aliphatic carbocycles. The Balaban J connectivity index is 1.02. The van der Waals surface area contributed by atoms with Crippen molar-refractivity contribution in [2.24, 2.45) is 18.9 Å². The van der Waals surface area contributed by atoms with Gasteiger partial charge in [0, 0.05) is 74.1 Å². The minimum absolute atomic E-state index is 0.0847. The van der Waals surface area contributed by atoms with Gasteiger partial charge >= 0.3 is 6.09 Å². The number of amides is 6. The van der Waals surface area contributed by atoms with Crippen molar-refractivity contribution < 1.29 is 38.2 Å². The number of piperidine rings is 1. The predicted octanol–water partition coefficient (Wildman–Crippen LogP) is 5.89. The third kappa shape index (κ3) is 13.4. The lowest BCUT2D eigenvalue weighted by atomic mass is 9.75. The highest BCUT2D eigenvalue weighted by Crippen LogP contribution is 2.41. The normalized spacial score (nSPS) is 17.0. The second kappa shape index (κ2) is 24.6. The summed E-state index contributed by atoms with van der Waals surface area (Å²) < 4.78 is 13.6. The molecule has 392 valence electrons. The van der Waals surface area contributed by atoms with Crippen LogP contribution >= 0.6 is 11.8 Å². The Hall–Kier alpha value is -6.38. The molecule has 4 aromatic rings. The standard InChI is InChI=1S/C53H71N11O8S/c1-9-54-46(65)14-11-15-47(66)59-48(33(3)4)50(68)56-35(6)49(67)57-39-18-16-36(17-19-39)29-72-52(70)63(10-2)43-23-38(53(30-71-31-53)25-45-60-55-32-61(45)7)24-44(58-43)64-28-41-40(51(64)69)21-37(22-42(41)73-8)27-62-20-12-13-34(5)26-62/h16-19,21-24,32-35,48H,9-15,20,25-31H2,1-8H3,(H,54,65)(H,56,68)(H,57,67)(H,59,66)/t34-,35-,48-/m0/s1. The maximum absolute atomic E-state index is 14.6. The average Bonchev–Trinajstić information content (AvgIpc) is 3.92. The van der Waals surface area contributed by atoms with E-state index in [-0.39, 0.29) is 49.6 Å². The van der Waals surface area contributed by atoms with Gasteiger partial charge in [0.1, 0.15) is 42.5 Å². The smallest absolute Gasteiger partial charge is 0.415 e. The Morgan fingerprint density at radius 1 is 0.973 bits per heavy atom. The van der Waals surface area contributed by atoms with Crippen molar-refractivity contribution in [2.75, 3.05) is 60.8 Å². The number of hydrogen-bond acceptors (Lipinski definition) is 13. The van der Waals surface area contributed by atoms with Crippen molar-refractivity contribution in [1.82, 2.24) is 40.6 Å². The van der Waals surface area contributed by atoms with E-state index in [2.05, 4.69) is 49.4 Å². The minimum atomic E-state index is -0.937. The summed E-state index contributed by atoms with van der Waals surface area (Å²) in [6.07, 6.45) is 6.61. The minimum Gasteiger partial charge on any atom is -0.444 e. The number of carbonyl (C=O) groups excluding carboxylic acids is 6. The predicted molar refractivity (Wildman–Crippen MR) is 279 cm³/mol. The van der Waals surface area contributed by atoms with Gasteiger partial charge in [-0.25, -0.2) is 9.78 Å². The second-order valence-corrected chi connectivity index (χ2v) is 20.7. The van der Waals surface area contributed by atoms with Gasteiger partial charge in [0.05, 0.1) is 19.8 Å². The number of anilines is 3. The first-order chi connectivity index (χ1) is 35.0. The van der Waals surface area contributed by atoms with Crippen LogP contribution in [0.5, 0.6) is 0 Å². The van der Waals surface area contributed by atoms with Crippen LogP contribution < -0.4 is 31.1 Å². The lowest BCUT2D eigenvalue weighted by Crippen LogP contribution is -2.53. The van der Waals surface area contributed by atoms with E-state index in [0.29, 0.717) is 73.5 Å². The van der Waals surface area contributed by atoms with E-state index in [1.807, 2.05) is 49.9 Å². The van der Waals surface area contributed by atoms with Crippen LogP contribution in [0, 0.1) is 11.8 Å². The van der Waals surface area contributed by atoms with E-state index in [0.717, 1.165) is 47.0 Å². The molecule has 3 atom stereocenters. The number of hydrogen-bond donors (Lipinski definition) is 4. The number of thioether (sulfide) groups is 1. The molecule has 0 saturated carbocycles. The van der Waals surface area contributed by atoms with E-state index in [9.17, 15) is 28.8 Å². The number of aromatic nitrogens is 4. The van der Waals surface area contributed by atoms with Gasteiger partial charge in [0.25, 0.3) is 5.91 Å². The SMILES string of the molecule is CCNC(=O)CCCC(=O)N[C@H](C(=O)N[C@@H](C)C(=O)Nc1ccc(COC(=O)N(CC)c2cc(C3(Cc4nncn4C)COC3)cc(N3Cc4c(SC)cc(CN5CCC[C@H](C)C5)cc4C3=O)n2)cc1)C(C)C. The topological polar surface area (TPSA) is 222 Å². The summed E-state index contributed by atoms with van der Waals surface area (Å²) in [7, 11) is 1.90. The summed E-state index contributed by atoms with van der Waals surface area (Å²) in [5, 5.41) is 19.4. The fraction of sp³-hybridized carbons (Fsp3) is 0.528. The van der Waals surface area contributed by atoms with Crippen LogP contribution in [0.1, 0.15) is 112 Å². The largest absolute Gasteiger partial charge is 0.444 e. The van der Waals surface area contributed by atoms with Gasteiger partial charge in [-0.1, -0.05) is 32.9 Å². The van der Waals surface area contributed by atoms with E-state index < -0.39 is 35.4 Å². The average molecular weight is 1020 g/mol. The van der Waals surface area contributed by atoms with Gasteiger partial charge in [0.2, 0.25) is 23.6 Å². The van der Waals surface area contributed by atoms with Crippen molar-refractivity contribution in [3.05, 3.63) is 88.5 Å². The molecule has 0 unspecified atom stereocenters. The molecule has 5 heterocycles. The quantitative estimate of drug-likeness (QED) is 0.0676. The second-order valence-electron chi connectivity index (χ2n) is 19.9. The molecule has 0 bridgehead atoms. The molecule has 3 aliphatic heterocycles. The van der Waals surface area contributed by atoms with Crippen molar-refractivity contribution in [3.63, 3.8) is 0 Å². The van der Waals surface area contributed by atoms with Crippen LogP contribution in [0.4, 0.5) is 22.1 Å². The number of rotatable bonds is 22. The van der Waals surface area contributed by atoms with Crippen LogP contribution in [0.15, 0.2) is 59.8 Å². The number of nitrogens with one attached hydrogen (secondary N) is 4. The van der Waals surface area contributed by atoms with Crippen molar-refractivity contribution in [2.45, 2.75) is 122 Å². The van der Waals surface area contributed by atoms with Gasteiger partial charge in [-0.15, -0.1) is 22.0 Å². The summed E-state index contributed by atoms with van der Waals surface area (Å²) >= 11 is 1.64. The molecule has 7 rings (SSSR count). The zero-order valence-electron chi connectivity index (χ0n) is 43.4. The van der Waals surface area contributed by atoms with Gasteiger partial charge in [0.15, 0.2) is 0 Å². The Morgan fingerprint density at radius 2 is 1.73 bits per heavy atom. The number of fused-ring (bicyclic) bond motifs is 1. The molecule has 4 N–H and O–H groups in total. The lowest BCUT2D eigenvalue weighted by Gasteiger charge is -2.42. The van der Waals surface area contributed by atoms with Crippen molar-refractivity contribution in [1.29, 1.82) is 0 Å². The van der Waals surface area contributed by atoms with E-state index in [1.54, 1.807) is 68.0 Å². The highest BCUT2D eigenvalue weighted by molar-refractivity contribution is 7.98. The highest BCUT2D eigenvalue weighted by atomic mass is 32.2. The Kier molecular flexibility index (Phi) is 18.3. The van der Waals surface area contributed by atoms with Crippen LogP contribution in [0.2, 0.25) is 0 Å². The van der Waals surface area contributed by atoms with Crippen LogP contribution in [-0.2, 0) is 67.2 Å². The van der Waals surface area contributed by atoms with E-state index in [1.165, 1.54) is 17.7 Å². The number of aryl methyl sites for hydroxylation is 1. The number of ether oxygens (including phenoxy) is 2. The molecule has 0 spiro atoms. The first-order valence-corrected chi connectivity index (χ1v) is 26.6. The molecule has 0 radical (unpaired) electrons. The third-order valence-electron chi connectivity index (χ3n) is 13.8. The van der Waals surface area contributed by atoms with E-state index in [4.69, 9.17) is 14.5 Å². The molecule has 2 fully saturated rings. The Labute approximate surface area is 432 Å². The van der Waals surface area contributed by atoms with Gasteiger partial charge in [-0.2, -0.15) is 0 Å². The summed E-state index contributed by atoms with van der Waals surface area (Å²) in [6, 6.07) is 13.1. The zero-order chi connectivity index (χ0) is 52.4. The summed E-state index contributed by atoms with van der Waals surface area (Å²) in [5.74, 6) is 0.276. The maximum Gasteiger partial charge on any atom is 0.415 e. The molecular formula is C53H71N11O8S. The molecule has 6 amide bonds. The molecule has 20 heteroatoms. The summed E-state index contributed by atoms with van der Waals surface area (Å²) in [6.45, 7) is 15.7. The Bertz CT molecular complexity index is 2640. The molecule has 73 heavy (non-hydrogen) atoms. The molecule has 3 aliphatic rings. The number of pyridine rings is 1. The Morgan fingerprint density at radius 3 is 2.37 bits per heavy atom. The molecule has 19 nitrogen and oxygen atoms in total. The number of nitrogens with zero attached hydrogens (tertiary/aromatic N) is 7. The zero-order valence-corrected chi connectivity index (χ0v) is 44.2. The number of likely N-dealkylation sites (tertiary alicyclic amines) is 1. The lowest BCUT2D eigenvalue weighted by molar-refractivity contribution is -0.132. The summed E-state index contributed by atoms with van der Waals surface area (Å²) in [4.78, 5) is 91.2. The molecule has 2 saturated heterocycles. The molecule has 2 aromatic heterocycles. The van der Waals surface area contributed by atoms with Crippen LogP contribution in [0.25, 0.3) is 0 Å². The third-order valence-corrected chi connectivity index (χ3v) is 14.6. The fourth-order valence-electron chi connectivity index (χ4n) is 9.54. The van der Waals surface area contributed by atoms with Gasteiger partial charge in [-0.05, 0) is 123 Å². The first-order valence-electron chi connectivity index (χ1n) is 25.4. The molecule has 2 aromatic carbocycles. The van der Waals surface area contributed by atoms with E-state index >= 15 is 0 Å². The van der Waals surface area contributed by atoms with Crippen LogP contribution in [-0.4, -0.2) is 118 Å². The van der Waals surface area contributed by atoms with Crippen molar-refractivity contribution >= 4 is 64.7 Å². The highest BCUT2D eigenvalue weighted by Gasteiger charge is 2.44. The number of benzene rings is 2. The number of carbonyl (C=O) groups is 6.